The molecule has 0 bridgehead atoms. The van der Waals surface area contributed by atoms with Crippen molar-refractivity contribution in [2.75, 3.05) is 16.8 Å². The third-order valence-corrected chi connectivity index (χ3v) is 4.96. The normalized spacial score (nSPS) is 25.4. The lowest BCUT2D eigenvalue weighted by molar-refractivity contribution is -0.117. The maximum atomic E-state index is 11.8. The molecule has 1 unspecified atom stereocenters. The fraction of sp³-hybridized carbons (Fsp3) is 0.636. The Morgan fingerprint density at radius 1 is 1.56 bits per heavy atom. The number of rotatable bonds is 3. The van der Waals surface area contributed by atoms with Gasteiger partial charge in [-0.25, -0.2) is 4.98 Å². The molecule has 1 saturated heterocycles. The standard InChI is InChI=1S/C11H13BrN2OS/c12-4-7-3-10(15)14(5-7)11-13-9(6-16-11)8-1-2-8/h6-8H,1-5H2. The minimum Gasteiger partial charge on any atom is -0.288 e. The lowest BCUT2D eigenvalue weighted by Gasteiger charge is -2.11. The average molecular weight is 301 g/mol. The first-order valence-electron chi connectivity index (χ1n) is 5.59. The van der Waals surface area contributed by atoms with Gasteiger partial charge in [0.15, 0.2) is 5.13 Å². The molecule has 1 aliphatic carbocycles. The van der Waals surface area contributed by atoms with E-state index in [9.17, 15) is 4.79 Å². The number of amides is 1. The van der Waals surface area contributed by atoms with Crippen molar-refractivity contribution in [3.05, 3.63) is 11.1 Å². The summed E-state index contributed by atoms with van der Waals surface area (Å²) >= 11 is 5.06. The summed E-state index contributed by atoms with van der Waals surface area (Å²) in [5, 5.41) is 3.91. The minimum atomic E-state index is 0.223. The van der Waals surface area contributed by atoms with Gasteiger partial charge in [-0.05, 0) is 18.8 Å². The lowest BCUT2D eigenvalue weighted by Crippen LogP contribution is -2.24. The molecule has 1 aliphatic heterocycles. The van der Waals surface area contributed by atoms with E-state index >= 15 is 0 Å². The van der Waals surface area contributed by atoms with Gasteiger partial charge in [-0.1, -0.05) is 15.9 Å². The van der Waals surface area contributed by atoms with Crippen LogP contribution in [0.4, 0.5) is 5.13 Å². The average Bonchev–Trinajstić information content (AvgIpc) is 2.89. The van der Waals surface area contributed by atoms with Crippen molar-refractivity contribution in [3.8, 4) is 0 Å². The highest BCUT2D eigenvalue weighted by molar-refractivity contribution is 9.09. The number of carbonyl (C=O) groups excluding carboxylic acids is 1. The molecule has 0 spiro atoms. The van der Waals surface area contributed by atoms with Gasteiger partial charge in [0.2, 0.25) is 5.91 Å². The van der Waals surface area contributed by atoms with E-state index in [1.54, 1.807) is 11.3 Å². The Bertz CT molecular complexity index is 416. The number of hydrogen-bond acceptors (Lipinski definition) is 3. The zero-order valence-electron chi connectivity index (χ0n) is 8.86. The Kier molecular flexibility index (Phi) is 2.75. The number of halogens is 1. The number of anilines is 1. The number of aromatic nitrogens is 1. The van der Waals surface area contributed by atoms with Crippen molar-refractivity contribution in [1.29, 1.82) is 0 Å². The molecular weight excluding hydrogens is 288 g/mol. The van der Waals surface area contributed by atoms with Gasteiger partial charge in [0.25, 0.3) is 0 Å². The Morgan fingerprint density at radius 3 is 3.00 bits per heavy atom. The molecule has 0 radical (unpaired) electrons. The van der Waals surface area contributed by atoms with Crippen molar-refractivity contribution in [2.45, 2.75) is 25.2 Å². The number of hydrogen-bond donors (Lipinski definition) is 0. The van der Waals surface area contributed by atoms with E-state index in [2.05, 4.69) is 26.3 Å². The Balaban J connectivity index is 1.78. The monoisotopic (exact) mass is 300 g/mol. The van der Waals surface area contributed by atoms with E-state index in [0.717, 1.165) is 17.0 Å². The van der Waals surface area contributed by atoms with Gasteiger partial charge in [-0.15, -0.1) is 11.3 Å². The molecule has 2 fully saturated rings. The van der Waals surface area contributed by atoms with Crippen molar-refractivity contribution in [2.24, 2.45) is 5.92 Å². The zero-order valence-corrected chi connectivity index (χ0v) is 11.3. The summed E-state index contributed by atoms with van der Waals surface area (Å²) in [6.07, 6.45) is 3.19. The van der Waals surface area contributed by atoms with Crippen LogP contribution in [0.5, 0.6) is 0 Å². The second-order valence-corrected chi connectivity index (χ2v) is 6.04. The van der Waals surface area contributed by atoms with Gasteiger partial charge in [0, 0.05) is 29.6 Å². The molecule has 5 heteroatoms. The smallest absolute Gasteiger partial charge is 0.229 e. The van der Waals surface area contributed by atoms with E-state index in [1.807, 2.05) is 4.90 Å². The third kappa shape index (κ3) is 1.91. The van der Waals surface area contributed by atoms with Gasteiger partial charge in [-0.2, -0.15) is 0 Å². The maximum absolute atomic E-state index is 11.8. The summed E-state index contributed by atoms with van der Waals surface area (Å²) in [6.45, 7) is 0.821. The van der Waals surface area contributed by atoms with Gasteiger partial charge < -0.3 is 0 Å². The zero-order chi connectivity index (χ0) is 11.1. The van der Waals surface area contributed by atoms with Crippen LogP contribution in [0.15, 0.2) is 5.38 Å². The predicted octanol–water partition coefficient (Wildman–Crippen LogP) is 2.77. The molecule has 16 heavy (non-hydrogen) atoms. The first kappa shape index (κ1) is 10.7. The first-order chi connectivity index (χ1) is 7.78. The van der Waals surface area contributed by atoms with Crippen LogP contribution in [0.1, 0.15) is 30.9 Å². The molecule has 86 valence electrons. The van der Waals surface area contributed by atoms with Crippen LogP contribution in [0, 0.1) is 5.92 Å². The van der Waals surface area contributed by atoms with Crippen LogP contribution in [0.3, 0.4) is 0 Å². The molecule has 0 N–H and O–H groups in total. The molecule has 0 aromatic carbocycles. The van der Waals surface area contributed by atoms with Crippen molar-refractivity contribution in [1.82, 2.24) is 4.98 Å². The largest absolute Gasteiger partial charge is 0.288 e. The summed E-state index contributed by atoms with van der Waals surface area (Å²) in [5.74, 6) is 1.34. The van der Waals surface area contributed by atoms with Crippen LogP contribution in [0.2, 0.25) is 0 Å². The predicted molar refractivity (Wildman–Crippen MR) is 68.3 cm³/mol. The minimum absolute atomic E-state index is 0.223. The Labute approximate surface area is 107 Å². The van der Waals surface area contributed by atoms with E-state index in [1.165, 1.54) is 18.5 Å². The topological polar surface area (TPSA) is 33.2 Å². The molecule has 1 atom stereocenters. The van der Waals surface area contributed by atoms with Crippen LogP contribution in [0.25, 0.3) is 0 Å². The highest BCUT2D eigenvalue weighted by atomic mass is 79.9. The molecule has 2 heterocycles. The maximum Gasteiger partial charge on any atom is 0.229 e. The first-order valence-corrected chi connectivity index (χ1v) is 7.60. The summed E-state index contributed by atoms with van der Waals surface area (Å²) in [5.41, 5.74) is 1.19. The second-order valence-electron chi connectivity index (χ2n) is 4.56. The molecule has 1 aromatic heterocycles. The number of thiazole rings is 1. The van der Waals surface area contributed by atoms with Crippen LogP contribution >= 0.6 is 27.3 Å². The summed E-state index contributed by atoms with van der Waals surface area (Å²) in [7, 11) is 0. The molecule has 2 aliphatic rings. The molecular formula is C11H13BrN2OS. The van der Waals surface area contributed by atoms with Gasteiger partial charge in [0.05, 0.1) is 5.69 Å². The highest BCUT2D eigenvalue weighted by Crippen LogP contribution is 2.42. The third-order valence-electron chi connectivity index (χ3n) is 3.16. The van der Waals surface area contributed by atoms with E-state index in [-0.39, 0.29) is 5.91 Å². The van der Waals surface area contributed by atoms with Gasteiger partial charge >= 0.3 is 0 Å². The number of carbonyl (C=O) groups is 1. The second kappa shape index (κ2) is 4.11. The SMILES string of the molecule is O=C1CC(CBr)CN1c1nc(C2CC2)cs1. The Hall–Kier alpha value is -0.420. The summed E-state index contributed by atoms with van der Waals surface area (Å²) < 4.78 is 0. The van der Waals surface area contributed by atoms with Crippen LogP contribution < -0.4 is 4.90 Å². The molecule has 3 nitrogen and oxygen atoms in total. The summed E-state index contributed by atoms with van der Waals surface area (Å²) in [4.78, 5) is 18.2. The van der Waals surface area contributed by atoms with Gasteiger partial charge in [-0.3, -0.25) is 9.69 Å². The van der Waals surface area contributed by atoms with Crippen molar-refractivity contribution < 1.29 is 4.79 Å². The molecule has 1 saturated carbocycles. The van der Waals surface area contributed by atoms with Crippen LogP contribution in [-0.4, -0.2) is 22.8 Å². The quantitative estimate of drug-likeness (QED) is 0.804. The van der Waals surface area contributed by atoms with Crippen molar-refractivity contribution in [3.63, 3.8) is 0 Å². The number of alkyl halides is 1. The Morgan fingerprint density at radius 2 is 2.38 bits per heavy atom. The fourth-order valence-corrected chi connectivity index (χ4v) is 3.40. The molecule has 3 rings (SSSR count). The molecule has 1 aromatic rings. The highest BCUT2D eigenvalue weighted by Gasteiger charge is 2.33. The van der Waals surface area contributed by atoms with Crippen molar-refractivity contribution >= 4 is 38.3 Å². The fourth-order valence-electron chi connectivity index (χ4n) is 2.04. The lowest BCUT2D eigenvalue weighted by atomic mass is 10.2. The van der Waals surface area contributed by atoms with Crippen LogP contribution in [-0.2, 0) is 4.79 Å². The van der Waals surface area contributed by atoms with E-state index < -0.39 is 0 Å². The number of nitrogens with zero attached hydrogens (tertiary/aromatic N) is 2. The summed E-state index contributed by atoms with van der Waals surface area (Å²) in [6, 6.07) is 0. The van der Waals surface area contributed by atoms with Gasteiger partial charge in [0.1, 0.15) is 0 Å². The molecule has 1 amide bonds. The van der Waals surface area contributed by atoms with E-state index in [0.29, 0.717) is 18.3 Å². The van der Waals surface area contributed by atoms with E-state index in [4.69, 9.17) is 0 Å².